The van der Waals surface area contributed by atoms with E-state index in [0.29, 0.717) is 26.8 Å². The first-order valence-electron chi connectivity index (χ1n) is 9.78. The molecule has 4 heterocycles. The molecule has 0 aliphatic carbocycles. The fourth-order valence-corrected chi connectivity index (χ4v) is 4.97. The summed E-state index contributed by atoms with van der Waals surface area (Å²) in [6, 6.07) is 0. The largest absolute Gasteiger partial charge is 0.370 e. The molecule has 8 nitrogen and oxygen atoms in total. The number of anilines is 1. The van der Waals surface area contributed by atoms with Crippen LogP contribution < -0.4 is 10.6 Å². The van der Waals surface area contributed by atoms with Gasteiger partial charge in [0.05, 0.1) is 0 Å². The van der Waals surface area contributed by atoms with Crippen LogP contribution >= 0.6 is 34.2 Å². The van der Waals surface area contributed by atoms with E-state index < -0.39 is 0 Å². The van der Waals surface area contributed by atoms with Gasteiger partial charge in [0.1, 0.15) is 11.7 Å². The summed E-state index contributed by atoms with van der Waals surface area (Å²) in [5.74, 6) is 1.02. The highest BCUT2D eigenvalue weighted by Crippen LogP contribution is 2.35. The van der Waals surface area contributed by atoms with E-state index in [-0.39, 0.29) is 12.1 Å². The molecule has 152 valence electrons. The van der Waals surface area contributed by atoms with Gasteiger partial charge < -0.3 is 15.4 Å². The molecule has 1 amide bonds. The summed E-state index contributed by atoms with van der Waals surface area (Å²) in [5, 5.41) is 0.368. The minimum absolute atomic E-state index is 0.0958. The van der Waals surface area contributed by atoms with E-state index in [0.717, 1.165) is 69.8 Å². The summed E-state index contributed by atoms with van der Waals surface area (Å²) >= 11 is 8.48. The van der Waals surface area contributed by atoms with Crippen molar-refractivity contribution in [1.82, 2.24) is 19.5 Å². The Hall–Kier alpha value is -1.20. The molecule has 10 heteroatoms. The van der Waals surface area contributed by atoms with E-state index in [1.54, 1.807) is 0 Å². The normalized spacial score (nSPS) is 23.3. The molecule has 2 saturated heterocycles. The van der Waals surface area contributed by atoms with Crippen molar-refractivity contribution in [3.8, 4) is 0 Å². The molecular weight excluding hydrogens is 495 g/mol. The fourth-order valence-electron chi connectivity index (χ4n) is 4.15. The first-order chi connectivity index (χ1) is 13.5. The Kier molecular flexibility index (Phi) is 6.21. The van der Waals surface area contributed by atoms with Crippen LogP contribution in [0.5, 0.6) is 0 Å². The number of halogens is 2. The Morgan fingerprint density at radius 2 is 2.11 bits per heavy atom. The van der Waals surface area contributed by atoms with Gasteiger partial charge in [-0.1, -0.05) is 11.6 Å². The van der Waals surface area contributed by atoms with Gasteiger partial charge in [-0.3, -0.25) is 9.36 Å². The fraction of sp³-hybridized carbons (Fsp3) is 0.667. The highest BCUT2D eigenvalue weighted by atomic mass is 127. The Labute approximate surface area is 182 Å². The summed E-state index contributed by atoms with van der Waals surface area (Å²) in [6.07, 6.45) is 6.40. The third-order valence-electron chi connectivity index (χ3n) is 5.50. The summed E-state index contributed by atoms with van der Waals surface area (Å²) in [6.45, 7) is 2.48. The van der Waals surface area contributed by atoms with Crippen molar-refractivity contribution in [3.05, 3.63) is 8.98 Å². The highest BCUT2D eigenvalue weighted by Gasteiger charge is 2.30. The van der Waals surface area contributed by atoms with Gasteiger partial charge in [-0.15, -0.1) is 0 Å². The molecule has 2 fully saturated rings. The molecule has 2 N–H and O–H groups in total. The molecule has 2 aromatic rings. The number of fused-ring (bicyclic) bond motifs is 1. The predicted octanol–water partition coefficient (Wildman–Crippen LogP) is 3.27. The SMILES string of the molecule is NC(=O)CCC1CCCN(c2nc3c(Cl)nc(I)nc3n2C2CCCCO2)C1. The second-order valence-corrected chi connectivity index (χ2v) is 8.84. The van der Waals surface area contributed by atoms with Gasteiger partial charge in [0.15, 0.2) is 14.6 Å². The van der Waals surface area contributed by atoms with Crippen molar-refractivity contribution in [3.63, 3.8) is 0 Å². The van der Waals surface area contributed by atoms with Crippen molar-refractivity contribution < 1.29 is 9.53 Å². The third kappa shape index (κ3) is 4.20. The van der Waals surface area contributed by atoms with Crippen LogP contribution in [-0.2, 0) is 9.53 Å². The number of aromatic nitrogens is 4. The Morgan fingerprint density at radius 1 is 1.25 bits per heavy atom. The minimum atomic E-state index is -0.239. The van der Waals surface area contributed by atoms with Crippen LogP contribution in [0.2, 0.25) is 5.15 Å². The predicted molar refractivity (Wildman–Crippen MR) is 115 cm³/mol. The molecule has 2 unspecified atom stereocenters. The van der Waals surface area contributed by atoms with Crippen LogP contribution in [0.1, 0.15) is 51.2 Å². The summed E-state index contributed by atoms with van der Waals surface area (Å²) in [5.41, 5.74) is 6.69. The van der Waals surface area contributed by atoms with Crippen molar-refractivity contribution >= 4 is 57.2 Å². The zero-order valence-electron chi connectivity index (χ0n) is 15.6. The average molecular weight is 519 g/mol. The number of ether oxygens (including phenoxy) is 1. The molecule has 2 aromatic heterocycles. The van der Waals surface area contributed by atoms with Crippen molar-refractivity contribution in [2.24, 2.45) is 11.7 Å². The topological polar surface area (TPSA) is 99.2 Å². The van der Waals surface area contributed by atoms with E-state index >= 15 is 0 Å². The van der Waals surface area contributed by atoms with Gasteiger partial charge in [-0.05, 0) is 44.4 Å². The molecule has 4 rings (SSSR count). The van der Waals surface area contributed by atoms with Gasteiger partial charge in [0.2, 0.25) is 11.9 Å². The number of nitrogens with two attached hydrogens (primary N) is 1. The number of primary amides is 1. The van der Waals surface area contributed by atoms with Crippen LogP contribution in [0, 0.1) is 9.75 Å². The van der Waals surface area contributed by atoms with E-state index in [4.69, 9.17) is 27.1 Å². The number of carbonyl (C=O) groups is 1. The lowest BCUT2D eigenvalue weighted by Crippen LogP contribution is -2.38. The highest BCUT2D eigenvalue weighted by molar-refractivity contribution is 14.1. The molecule has 0 saturated carbocycles. The third-order valence-corrected chi connectivity index (χ3v) is 6.24. The van der Waals surface area contributed by atoms with E-state index in [1.807, 2.05) is 0 Å². The molecule has 2 aliphatic heterocycles. The van der Waals surface area contributed by atoms with Crippen LogP contribution in [0.15, 0.2) is 0 Å². The van der Waals surface area contributed by atoms with Crippen molar-refractivity contribution in [2.45, 2.75) is 51.2 Å². The first kappa shape index (κ1) is 20.1. The number of nitrogens with zero attached hydrogens (tertiary/aromatic N) is 5. The second-order valence-electron chi connectivity index (χ2n) is 7.52. The van der Waals surface area contributed by atoms with Crippen LogP contribution in [-0.4, -0.2) is 45.1 Å². The number of hydrogen-bond acceptors (Lipinski definition) is 6. The Morgan fingerprint density at radius 3 is 2.86 bits per heavy atom. The maximum Gasteiger partial charge on any atom is 0.217 e. The van der Waals surface area contributed by atoms with Gasteiger partial charge in [-0.2, -0.15) is 0 Å². The van der Waals surface area contributed by atoms with Crippen molar-refractivity contribution in [1.29, 1.82) is 0 Å². The van der Waals surface area contributed by atoms with E-state index in [1.165, 1.54) is 0 Å². The Balaban J connectivity index is 1.71. The van der Waals surface area contributed by atoms with E-state index in [9.17, 15) is 4.79 Å². The smallest absolute Gasteiger partial charge is 0.217 e. The average Bonchev–Trinajstić information content (AvgIpc) is 3.07. The Bertz CT molecular complexity index is 869. The molecule has 0 aromatic carbocycles. The van der Waals surface area contributed by atoms with Gasteiger partial charge in [-0.25, -0.2) is 15.0 Å². The van der Waals surface area contributed by atoms with Crippen molar-refractivity contribution in [2.75, 3.05) is 24.6 Å². The lowest BCUT2D eigenvalue weighted by molar-refractivity contribution is -0.118. The molecule has 0 spiro atoms. The molecule has 0 bridgehead atoms. The minimum Gasteiger partial charge on any atom is -0.370 e. The zero-order valence-corrected chi connectivity index (χ0v) is 18.5. The quantitative estimate of drug-likeness (QED) is 0.371. The first-order valence-corrected chi connectivity index (χ1v) is 11.2. The maximum absolute atomic E-state index is 11.2. The lowest BCUT2D eigenvalue weighted by Gasteiger charge is -2.35. The van der Waals surface area contributed by atoms with Gasteiger partial charge in [0, 0.05) is 48.7 Å². The zero-order chi connectivity index (χ0) is 19.7. The molecule has 28 heavy (non-hydrogen) atoms. The number of carbonyl (C=O) groups excluding carboxylic acids is 1. The summed E-state index contributed by atoms with van der Waals surface area (Å²) in [4.78, 5) is 27.2. The maximum atomic E-state index is 11.2. The summed E-state index contributed by atoms with van der Waals surface area (Å²) in [7, 11) is 0. The molecule has 2 aliphatic rings. The van der Waals surface area contributed by atoms with E-state index in [2.05, 4.69) is 42.0 Å². The second kappa shape index (κ2) is 8.66. The van der Waals surface area contributed by atoms with Crippen LogP contribution in [0.25, 0.3) is 11.2 Å². The standard InChI is InChI=1S/C18H24ClIN6O2/c19-15-14-16(24-17(20)23-15)26(13-5-1-2-9-28-13)18(22-14)25-8-3-4-11(10-25)6-7-12(21)27/h11,13H,1-10H2,(H2,21,27). The van der Waals surface area contributed by atoms with Crippen LogP contribution in [0.4, 0.5) is 5.95 Å². The number of hydrogen-bond donors (Lipinski definition) is 1. The number of imidazole rings is 1. The monoisotopic (exact) mass is 518 g/mol. The molecular formula is C18H24ClIN6O2. The number of amides is 1. The number of piperidine rings is 1. The summed E-state index contributed by atoms with van der Waals surface area (Å²) < 4.78 is 8.77. The van der Waals surface area contributed by atoms with Gasteiger partial charge in [0.25, 0.3) is 0 Å². The number of rotatable bonds is 5. The van der Waals surface area contributed by atoms with Gasteiger partial charge >= 0.3 is 0 Å². The molecule has 2 atom stereocenters. The van der Waals surface area contributed by atoms with Crippen LogP contribution in [0.3, 0.4) is 0 Å². The lowest BCUT2D eigenvalue weighted by atomic mass is 9.93. The molecule has 0 radical (unpaired) electrons.